The van der Waals surface area contributed by atoms with E-state index in [9.17, 15) is 19.2 Å². The van der Waals surface area contributed by atoms with Gasteiger partial charge in [0.25, 0.3) is 11.8 Å². The number of anilines is 1. The highest BCUT2D eigenvalue weighted by atomic mass is 35.5. The summed E-state index contributed by atoms with van der Waals surface area (Å²) >= 11 is 7.24. The normalized spacial score (nSPS) is 14.0. The third-order valence-electron chi connectivity index (χ3n) is 5.79. The van der Waals surface area contributed by atoms with Crippen LogP contribution in [0.5, 0.6) is 0 Å². The molecule has 0 N–H and O–H groups in total. The minimum Gasteiger partial charge on any atom is -0.468 e. The Morgan fingerprint density at radius 3 is 2.32 bits per heavy atom. The van der Waals surface area contributed by atoms with Crippen molar-refractivity contribution >= 4 is 52.8 Å². The summed E-state index contributed by atoms with van der Waals surface area (Å²) in [7, 11) is 2.60. The van der Waals surface area contributed by atoms with Gasteiger partial charge in [0.15, 0.2) is 6.79 Å². The van der Waals surface area contributed by atoms with Crippen LogP contribution in [-0.4, -0.2) is 50.0 Å². The standard InChI is InChI=1S/C27H27ClFNO7S/c1-16(26(33)36-3)38-23-14-22(21(29)13-20(23)28)30(24(31)17-9-5-4-6-10-17)25(32)18-11-7-8-12-19(18)27(34)37-15-35-2/h4-6,9-10,13-14,16H,7-8,11-12,15H2,1-3H3. The number of esters is 2. The molecule has 0 fully saturated rings. The van der Waals surface area contributed by atoms with Crippen molar-refractivity contribution in [3.63, 3.8) is 0 Å². The van der Waals surface area contributed by atoms with Crippen molar-refractivity contribution in [3.8, 4) is 0 Å². The molecule has 2 amide bonds. The number of amides is 2. The number of nitrogens with zero attached hydrogens (tertiary/aromatic N) is 1. The second kappa shape index (κ2) is 13.5. The number of halogens is 2. The molecule has 202 valence electrons. The van der Waals surface area contributed by atoms with Crippen LogP contribution in [0.15, 0.2) is 58.5 Å². The summed E-state index contributed by atoms with van der Waals surface area (Å²) in [5.41, 5.74) is -0.0525. The molecule has 1 aliphatic carbocycles. The fourth-order valence-electron chi connectivity index (χ4n) is 3.91. The Morgan fingerprint density at radius 2 is 1.68 bits per heavy atom. The summed E-state index contributed by atoms with van der Waals surface area (Å²) in [5, 5.41) is -0.708. The molecule has 0 aliphatic heterocycles. The number of hydrogen-bond acceptors (Lipinski definition) is 8. The third kappa shape index (κ3) is 6.80. The van der Waals surface area contributed by atoms with Crippen molar-refractivity contribution in [2.75, 3.05) is 25.9 Å². The minimum absolute atomic E-state index is 0.00715. The lowest BCUT2D eigenvalue weighted by atomic mass is 9.90. The molecule has 0 heterocycles. The number of carbonyl (C=O) groups excluding carboxylic acids is 4. The van der Waals surface area contributed by atoms with Crippen LogP contribution in [0.4, 0.5) is 10.1 Å². The zero-order valence-corrected chi connectivity index (χ0v) is 22.7. The van der Waals surface area contributed by atoms with Crippen LogP contribution in [0.2, 0.25) is 5.02 Å². The van der Waals surface area contributed by atoms with Gasteiger partial charge >= 0.3 is 11.9 Å². The molecule has 1 aliphatic rings. The van der Waals surface area contributed by atoms with E-state index >= 15 is 4.39 Å². The Bertz CT molecular complexity index is 1250. The van der Waals surface area contributed by atoms with Crippen molar-refractivity contribution < 1.29 is 37.8 Å². The number of benzene rings is 2. The first-order valence-corrected chi connectivity index (χ1v) is 13.0. The molecular weight excluding hydrogens is 537 g/mol. The average Bonchev–Trinajstić information content (AvgIpc) is 2.93. The molecule has 0 spiro atoms. The summed E-state index contributed by atoms with van der Waals surface area (Å²) in [4.78, 5) is 53.2. The van der Waals surface area contributed by atoms with Gasteiger partial charge in [0, 0.05) is 28.7 Å². The molecule has 11 heteroatoms. The topological polar surface area (TPSA) is 99.2 Å². The predicted octanol–water partition coefficient (Wildman–Crippen LogP) is 5.32. The molecule has 2 aromatic carbocycles. The van der Waals surface area contributed by atoms with E-state index in [1.165, 1.54) is 32.4 Å². The highest BCUT2D eigenvalue weighted by Gasteiger charge is 2.34. The van der Waals surface area contributed by atoms with Gasteiger partial charge in [0.1, 0.15) is 11.1 Å². The molecule has 38 heavy (non-hydrogen) atoms. The first kappa shape index (κ1) is 29.3. The Morgan fingerprint density at radius 1 is 1.03 bits per heavy atom. The molecule has 0 aromatic heterocycles. The van der Waals surface area contributed by atoms with Gasteiger partial charge in [0.05, 0.1) is 17.8 Å². The fraction of sp³-hybridized carbons (Fsp3) is 0.333. The van der Waals surface area contributed by atoms with E-state index in [2.05, 4.69) is 0 Å². The fourth-order valence-corrected chi connectivity index (χ4v) is 5.12. The lowest BCUT2D eigenvalue weighted by Gasteiger charge is -2.27. The summed E-state index contributed by atoms with van der Waals surface area (Å²) in [6.07, 6.45) is 1.70. The van der Waals surface area contributed by atoms with Crippen LogP contribution >= 0.6 is 23.4 Å². The van der Waals surface area contributed by atoms with Crippen molar-refractivity contribution in [2.24, 2.45) is 0 Å². The largest absolute Gasteiger partial charge is 0.468 e. The number of thioether (sulfide) groups is 1. The zero-order valence-electron chi connectivity index (χ0n) is 21.1. The van der Waals surface area contributed by atoms with Crippen molar-refractivity contribution in [1.29, 1.82) is 0 Å². The van der Waals surface area contributed by atoms with E-state index in [0.717, 1.165) is 17.8 Å². The monoisotopic (exact) mass is 563 g/mol. The van der Waals surface area contributed by atoms with Gasteiger partial charge in [-0.1, -0.05) is 29.8 Å². The summed E-state index contributed by atoms with van der Waals surface area (Å²) in [5.74, 6) is -3.83. The molecule has 0 saturated heterocycles. The molecule has 1 unspecified atom stereocenters. The number of rotatable bonds is 9. The van der Waals surface area contributed by atoms with E-state index in [4.69, 9.17) is 25.8 Å². The number of carbonyl (C=O) groups is 4. The maximum Gasteiger partial charge on any atom is 0.336 e. The summed E-state index contributed by atoms with van der Waals surface area (Å²) in [6.45, 7) is 1.28. The second-order valence-electron chi connectivity index (χ2n) is 8.33. The number of ether oxygens (including phenoxy) is 3. The Labute approximate surface area is 229 Å². The van der Waals surface area contributed by atoms with Gasteiger partial charge in [-0.05, 0) is 56.9 Å². The van der Waals surface area contributed by atoms with Crippen LogP contribution in [0.3, 0.4) is 0 Å². The molecular formula is C27H27ClFNO7S. The van der Waals surface area contributed by atoms with Gasteiger partial charge in [-0.3, -0.25) is 14.4 Å². The Balaban J connectivity index is 2.15. The molecule has 0 saturated carbocycles. The molecule has 1 atom stereocenters. The highest BCUT2D eigenvalue weighted by molar-refractivity contribution is 8.00. The number of methoxy groups -OCH3 is 2. The molecule has 3 rings (SSSR count). The maximum atomic E-state index is 15.4. The molecule has 2 aromatic rings. The van der Waals surface area contributed by atoms with Crippen LogP contribution < -0.4 is 4.90 Å². The summed E-state index contributed by atoms with van der Waals surface area (Å²) in [6, 6.07) is 10.1. The smallest absolute Gasteiger partial charge is 0.336 e. The SMILES string of the molecule is COCOC(=O)C1=C(C(=O)N(C(=O)c2ccccc2)c2cc(SC(C)C(=O)OC)c(Cl)cc2F)CCCC1. The van der Waals surface area contributed by atoms with Gasteiger partial charge in [-0.2, -0.15) is 0 Å². The third-order valence-corrected chi connectivity index (χ3v) is 7.35. The van der Waals surface area contributed by atoms with Gasteiger partial charge in [-0.15, -0.1) is 11.8 Å². The molecule has 0 radical (unpaired) electrons. The van der Waals surface area contributed by atoms with Crippen molar-refractivity contribution in [1.82, 2.24) is 0 Å². The Hall–Kier alpha value is -3.21. The number of hydrogen-bond donors (Lipinski definition) is 0. The number of imide groups is 1. The minimum atomic E-state index is -0.928. The molecule has 8 nitrogen and oxygen atoms in total. The van der Waals surface area contributed by atoms with E-state index in [1.807, 2.05) is 0 Å². The van der Waals surface area contributed by atoms with Gasteiger partial charge in [0.2, 0.25) is 0 Å². The maximum absolute atomic E-state index is 15.4. The predicted molar refractivity (Wildman–Crippen MR) is 140 cm³/mol. The first-order chi connectivity index (χ1) is 18.2. The highest BCUT2D eigenvalue weighted by Crippen LogP contribution is 2.38. The van der Waals surface area contributed by atoms with E-state index in [0.29, 0.717) is 17.7 Å². The van der Waals surface area contributed by atoms with Crippen LogP contribution in [-0.2, 0) is 28.6 Å². The van der Waals surface area contributed by atoms with Gasteiger partial charge in [-0.25, -0.2) is 14.1 Å². The zero-order chi connectivity index (χ0) is 27.8. The van der Waals surface area contributed by atoms with Gasteiger partial charge < -0.3 is 14.2 Å². The lowest BCUT2D eigenvalue weighted by Crippen LogP contribution is -2.40. The van der Waals surface area contributed by atoms with Crippen LogP contribution in [0, 0.1) is 5.82 Å². The quantitative estimate of drug-likeness (QED) is 0.175. The van der Waals surface area contributed by atoms with Crippen LogP contribution in [0.25, 0.3) is 0 Å². The van der Waals surface area contributed by atoms with E-state index < -0.39 is 34.8 Å². The molecule has 0 bridgehead atoms. The van der Waals surface area contributed by atoms with E-state index in [1.54, 1.807) is 25.1 Å². The van der Waals surface area contributed by atoms with Crippen LogP contribution in [0.1, 0.15) is 43.0 Å². The van der Waals surface area contributed by atoms with E-state index in [-0.39, 0.29) is 51.9 Å². The second-order valence-corrected chi connectivity index (χ2v) is 10.1. The van der Waals surface area contributed by atoms with Crippen molar-refractivity contribution in [3.05, 3.63) is 70.0 Å². The first-order valence-electron chi connectivity index (χ1n) is 11.7. The Kier molecular flexibility index (Phi) is 10.5. The summed E-state index contributed by atoms with van der Waals surface area (Å²) < 4.78 is 30.0. The average molecular weight is 564 g/mol. The van der Waals surface area contributed by atoms with Crippen molar-refractivity contribution in [2.45, 2.75) is 42.8 Å². The lowest BCUT2D eigenvalue weighted by molar-refractivity contribution is -0.149.